The fourth-order valence-corrected chi connectivity index (χ4v) is 3.35. The zero-order valence-corrected chi connectivity index (χ0v) is 18.5. The van der Waals surface area contributed by atoms with Crippen LogP contribution in [0.25, 0.3) is 0 Å². The van der Waals surface area contributed by atoms with Crippen molar-refractivity contribution in [1.82, 2.24) is 4.90 Å². The number of benzene rings is 2. The van der Waals surface area contributed by atoms with Gasteiger partial charge in [0, 0.05) is 30.8 Å². The van der Waals surface area contributed by atoms with Crippen LogP contribution in [0.15, 0.2) is 54.6 Å². The first-order valence-electron chi connectivity index (χ1n) is 10.2. The predicted molar refractivity (Wildman–Crippen MR) is 120 cm³/mol. The molecule has 0 spiro atoms. The number of hydrogen-bond donors (Lipinski definition) is 2. The van der Waals surface area contributed by atoms with Crippen LogP contribution in [0.4, 0.5) is 0 Å². The van der Waals surface area contributed by atoms with Crippen molar-refractivity contribution in [1.29, 1.82) is 0 Å². The summed E-state index contributed by atoms with van der Waals surface area (Å²) in [5, 5.41) is 15.6. The number of hydrogen-bond acceptors (Lipinski definition) is 6. The fraction of sp³-hybridized carbons (Fsp3) is 0.333. The summed E-state index contributed by atoms with van der Waals surface area (Å²) >= 11 is 0. The minimum atomic E-state index is -1.26. The molecule has 0 saturated carbocycles. The van der Waals surface area contributed by atoms with Gasteiger partial charge in [0.05, 0.1) is 14.2 Å². The minimum absolute atomic E-state index is 0.0235. The highest BCUT2D eigenvalue weighted by atomic mass is 16.5. The molecule has 0 bridgehead atoms. The molecule has 0 aromatic heterocycles. The number of likely N-dealkylation sites (N-methyl/N-ethyl adjacent to an activating group) is 1. The highest BCUT2D eigenvalue weighted by molar-refractivity contribution is 5.89. The maximum absolute atomic E-state index is 9.55. The van der Waals surface area contributed by atoms with Crippen molar-refractivity contribution in [2.75, 3.05) is 33.9 Å². The Kier molecular flexibility index (Phi) is 9.56. The Bertz CT molecular complexity index is 911. The van der Waals surface area contributed by atoms with E-state index in [1.807, 2.05) is 30.3 Å². The van der Waals surface area contributed by atoms with Crippen LogP contribution in [0, 0.1) is 0 Å². The third kappa shape index (κ3) is 7.31. The second-order valence-electron chi connectivity index (χ2n) is 6.98. The van der Waals surface area contributed by atoms with E-state index in [-0.39, 0.29) is 6.10 Å². The lowest BCUT2D eigenvalue weighted by Crippen LogP contribution is -2.30. The van der Waals surface area contributed by atoms with Gasteiger partial charge in [-0.2, -0.15) is 0 Å². The standard InChI is InChI=1S/C20H25NO3.C4H4O4/c1-4-21-11-10-15-12-18(22-2)19(23-3)13-17(15)20(14-21)24-16-8-6-5-7-9-16;5-3(6)1-2-4(7)8/h5-9,12-13,20H,4,10-11,14H2,1-3H3;1-2H,(H,5,6)(H,7,8). The van der Waals surface area contributed by atoms with Crippen LogP contribution >= 0.6 is 0 Å². The monoisotopic (exact) mass is 443 g/mol. The molecule has 172 valence electrons. The molecule has 8 nitrogen and oxygen atoms in total. The van der Waals surface area contributed by atoms with Gasteiger partial charge in [0.2, 0.25) is 0 Å². The van der Waals surface area contributed by atoms with E-state index in [9.17, 15) is 9.59 Å². The Morgan fingerprint density at radius 3 is 2.16 bits per heavy atom. The third-order valence-corrected chi connectivity index (χ3v) is 4.95. The highest BCUT2D eigenvalue weighted by Crippen LogP contribution is 2.37. The number of nitrogens with zero attached hydrogens (tertiary/aromatic N) is 1. The number of carbonyl (C=O) groups is 2. The van der Waals surface area contributed by atoms with E-state index in [1.165, 1.54) is 11.1 Å². The molecule has 2 aromatic carbocycles. The highest BCUT2D eigenvalue weighted by Gasteiger charge is 2.26. The lowest BCUT2D eigenvalue weighted by molar-refractivity contribution is -0.134. The number of carboxylic acid groups (broad SMARTS) is 2. The van der Waals surface area contributed by atoms with Crippen molar-refractivity contribution in [3.05, 3.63) is 65.7 Å². The van der Waals surface area contributed by atoms with E-state index in [2.05, 4.69) is 24.0 Å². The quantitative estimate of drug-likeness (QED) is 0.627. The Hall–Kier alpha value is -3.52. The van der Waals surface area contributed by atoms with Crippen LogP contribution in [0.1, 0.15) is 24.2 Å². The largest absolute Gasteiger partial charge is 0.493 e. The minimum Gasteiger partial charge on any atom is -0.493 e. The molecule has 0 amide bonds. The summed E-state index contributed by atoms with van der Waals surface area (Å²) in [5.74, 6) is -0.0940. The summed E-state index contributed by atoms with van der Waals surface area (Å²) in [7, 11) is 3.35. The topological polar surface area (TPSA) is 106 Å². The molecule has 3 rings (SSSR count). The summed E-state index contributed by atoms with van der Waals surface area (Å²) in [5.41, 5.74) is 2.46. The summed E-state index contributed by atoms with van der Waals surface area (Å²) in [6.07, 6.45) is 2.08. The first-order valence-corrected chi connectivity index (χ1v) is 10.2. The van der Waals surface area contributed by atoms with Gasteiger partial charge in [0.15, 0.2) is 11.5 Å². The zero-order valence-electron chi connectivity index (χ0n) is 18.5. The van der Waals surface area contributed by atoms with Crippen LogP contribution in [0.3, 0.4) is 0 Å². The van der Waals surface area contributed by atoms with Crippen LogP contribution in [-0.4, -0.2) is 60.9 Å². The van der Waals surface area contributed by atoms with Crippen LogP contribution < -0.4 is 14.2 Å². The van der Waals surface area contributed by atoms with Gasteiger partial charge >= 0.3 is 11.9 Å². The molecule has 1 heterocycles. The summed E-state index contributed by atoms with van der Waals surface area (Å²) in [6.45, 7) is 5.09. The zero-order chi connectivity index (χ0) is 23.5. The number of aliphatic carboxylic acids is 2. The summed E-state index contributed by atoms with van der Waals surface area (Å²) in [6, 6.07) is 14.2. The Labute approximate surface area is 187 Å². The van der Waals surface area contributed by atoms with E-state index in [4.69, 9.17) is 24.4 Å². The fourth-order valence-electron chi connectivity index (χ4n) is 3.35. The maximum atomic E-state index is 9.55. The summed E-state index contributed by atoms with van der Waals surface area (Å²) < 4.78 is 17.3. The Morgan fingerprint density at radius 1 is 1.03 bits per heavy atom. The van der Waals surface area contributed by atoms with Crippen molar-refractivity contribution in [2.45, 2.75) is 19.4 Å². The number of rotatable bonds is 7. The van der Waals surface area contributed by atoms with Crippen molar-refractivity contribution < 1.29 is 34.0 Å². The smallest absolute Gasteiger partial charge is 0.328 e. The molecule has 0 saturated heterocycles. The third-order valence-electron chi connectivity index (χ3n) is 4.95. The normalized spacial score (nSPS) is 15.7. The van der Waals surface area contributed by atoms with E-state index >= 15 is 0 Å². The van der Waals surface area contributed by atoms with Gasteiger partial charge in [0.1, 0.15) is 11.9 Å². The van der Waals surface area contributed by atoms with Crippen LogP contribution in [0.5, 0.6) is 17.2 Å². The number of carboxylic acids is 2. The molecular weight excluding hydrogens is 414 g/mol. The molecule has 1 aliphatic heterocycles. The van der Waals surface area contributed by atoms with E-state index in [1.54, 1.807) is 14.2 Å². The van der Waals surface area contributed by atoms with Gasteiger partial charge in [0.25, 0.3) is 0 Å². The van der Waals surface area contributed by atoms with E-state index in [0.29, 0.717) is 12.2 Å². The molecule has 1 atom stereocenters. The molecule has 1 aliphatic rings. The van der Waals surface area contributed by atoms with Crippen molar-refractivity contribution in [3.8, 4) is 17.2 Å². The van der Waals surface area contributed by atoms with Crippen molar-refractivity contribution in [3.63, 3.8) is 0 Å². The van der Waals surface area contributed by atoms with Gasteiger partial charge < -0.3 is 24.4 Å². The van der Waals surface area contributed by atoms with Crippen LogP contribution in [0.2, 0.25) is 0 Å². The van der Waals surface area contributed by atoms with Gasteiger partial charge in [-0.1, -0.05) is 25.1 Å². The molecular formula is C24H29NO7. The molecule has 0 radical (unpaired) electrons. The number of fused-ring (bicyclic) bond motifs is 1. The van der Waals surface area contributed by atoms with Gasteiger partial charge in [-0.3, -0.25) is 4.90 Å². The van der Waals surface area contributed by atoms with Crippen molar-refractivity contribution >= 4 is 11.9 Å². The van der Waals surface area contributed by atoms with Gasteiger partial charge in [-0.15, -0.1) is 0 Å². The second kappa shape index (κ2) is 12.4. The number of methoxy groups -OCH3 is 2. The van der Waals surface area contributed by atoms with Crippen LogP contribution in [-0.2, 0) is 16.0 Å². The molecule has 2 aromatic rings. The second-order valence-corrected chi connectivity index (χ2v) is 6.98. The number of para-hydroxylation sites is 1. The predicted octanol–water partition coefficient (Wildman–Crippen LogP) is 3.41. The lowest BCUT2D eigenvalue weighted by atomic mass is 10.00. The van der Waals surface area contributed by atoms with Gasteiger partial charge in [-0.25, -0.2) is 9.59 Å². The lowest BCUT2D eigenvalue weighted by Gasteiger charge is -2.25. The Balaban J connectivity index is 0.000000390. The van der Waals surface area contributed by atoms with E-state index < -0.39 is 11.9 Å². The molecule has 2 N–H and O–H groups in total. The first-order chi connectivity index (χ1) is 15.4. The SMILES string of the molecule is CCN1CCc2cc(OC)c(OC)cc2C(Oc2ccccc2)C1.O=C(O)C=CC(=O)O. The molecule has 0 fully saturated rings. The average molecular weight is 443 g/mol. The van der Waals surface area contributed by atoms with E-state index in [0.717, 1.165) is 43.3 Å². The van der Waals surface area contributed by atoms with Crippen molar-refractivity contribution in [2.24, 2.45) is 0 Å². The first kappa shape index (κ1) is 24.7. The molecule has 0 aliphatic carbocycles. The number of ether oxygens (including phenoxy) is 3. The molecule has 1 unspecified atom stereocenters. The van der Waals surface area contributed by atoms with Gasteiger partial charge in [-0.05, 0) is 42.8 Å². The molecule has 8 heteroatoms. The Morgan fingerprint density at radius 2 is 1.62 bits per heavy atom. The molecule has 32 heavy (non-hydrogen) atoms. The summed E-state index contributed by atoms with van der Waals surface area (Å²) in [4.78, 5) is 21.5. The average Bonchev–Trinajstić information content (AvgIpc) is 2.96. The maximum Gasteiger partial charge on any atom is 0.328 e.